The van der Waals surface area contributed by atoms with E-state index in [0.29, 0.717) is 27.8 Å². The van der Waals surface area contributed by atoms with Crippen LogP contribution in [0.5, 0.6) is 0 Å². The second kappa shape index (κ2) is 5.95. The van der Waals surface area contributed by atoms with Crippen molar-refractivity contribution in [2.45, 2.75) is 6.54 Å². The summed E-state index contributed by atoms with van der Waals surface area (Å²) in [5, 5.41) is 3.89. The van der Waals surface area contributed by atoms with E-state index >= 15 is 0 Å². The molecule has 0 atom stereocenters. The monoisotopic (exact) mass is 294 g/mol. The van der Waals surface area contributed by atoms with Crippen molar-refractivity contribution in [1.29, 1.82) is 0 Å². The van der Waals surface area contributed by atoms with Gasteiger partial charge in [0.25, 0.3) is 5.91 Å². The van der Waals surface area contributed by atoms with Gasteiger partial charge in [-0.3, -0.25) is 4.79 Å². The average Bonchev–Trinajstić information content (AvgIpc) is 2.38. The minimum absolute atomic E-state index is 0.175. The Morgan fingerprint density at radius 3 is 2.42 bits per heavy atom. The molecule has 0 aliphatic rings. The summed E-state index contributed by atoms with van der Waals surface area (Å²) in [6.45, 7) is 0.346. The fraction of sp³-hybridized carbons (Fsp3) is 0.0714. The number of hydrogen-bond donors (Lipinski definition) is 2. The van der Waals surface area contributed by atoms with Gasteiger partial charge in [0.1, 0.15) is 0 Å². The van der Waals surface area contributed by atoms with Gasteiger partial charge < -0.3 is 11.1 Å². The lowest BCUT2D eigenvalue weighted by Crippen LogP contribution is -2.22. The zero-order valence-electron chi connectivity index (χ0n) is 9.99. The molecule has 0 aromatic heterocycles. The van der Waals surface area contributed by atoms with Gasteiger partial charge in [0.2, 0.25) is 0 Å². The molecule has 0 radical (unpaired) electrons. The Morgan fingerprint density at radius 1 is 1.11 bits per heavy atom. The highest BCUT2D eigenvalue weighted by atomic mass is 35.5. The number of benzene rings is 2. The minimum Gasteiger partial charge on any atom is -0.399 e. The number of amides is 1. The smallest absolute Gasteiger partial charge is 0.251 e. The first-order valence-corrected chi connectivity index (χ1v) is 6.39. The van der Waals surface area contributed by atoms with E-state index < -0.39 is 0 Å². The molecule has 0 bridgehead atoms. The molecule has 0 aliphatic heterocycles. The third-order valence-electron chi connectivity index (χ3n) is 2.63. The van der Waals surface area contributed by atoms with Gasteiger partial charge in [-0.15, -0.1) is 0 Å². The van der Waals surface area contributed by atoms with E-state index in [1.807, 2.05) is 0 Å². The lowest BCUT2D eigenvalue weighted by molar-refractivity contribution is 0.0951. The van der Waals surface area contributed by atoms with Crippen LogP contribution in [0.3, 0.4) is 0 Å². The summed E-state index contributed by atoms with van der Waals surface area (Å²) in [7, 11) is 0. The van der Waals surface area contributed by atoms with Crippen molar-refractivity contribution >= 4 is 34.8 Å². The number of anilines is 1. The molecule has 98 valence electrons. The molecule has 2 rings (SSSR count). The van der Waals surface area contributed by atoms with Gasteiger partial charge in [0, 0.05) is 27.8 Å². The van der Waals surface area contributed by atoms with Gasteiger partial charge >= 0.3 is 0 Å². The maximum Gasteiger partial charge on any atom is 0.251 e. The Labute approximate surface area is 121 Å². The summed E-state index contributed by atoms with van der Waals surface area (Å²) in [6, 6.07) is 11.9. The highest BCUT2D eigenvalue weighted by molar-refractivity contribution is 6.35. The number of nitrogens with two attached hydrogens (primary N) is 1. The molecule has 3 nitrogen and oxygen atoms in total. The van der Waals surface area contributed by atoms with Crippen molar-refractivity contribution in [2.24, 2.45) is 0 Å². The summed E-state index contributed by atoms with van der Waals surface area (Å²) in [5.41, 5.74) is 7.56. The quantitative estimate of drug-likeness (QED) is 0.851. The van der Waals surface area contributed by atoms with Gasteiger partial charge in [0.15, 0.2) is 0 Å². The molecule has 5 heteroatoms. The highest BCUT2D eigenvalue weighted by Gasteiger charge is 2.06. The number of nitrogen functional groups attached to an aromatic ring is 1. The van der Waals surface area contributed by atoms with Crippen LogP contribution >= 0.6 is 23.2 Å². The van der Waals surface area contributed by atoms with Crippen LogP contribution in [-0.4, -0.2) is 5.91 Å². The Kier molecular flexibility index (Phi) is 4.30. The molecular formula is C14H12Cl2N2O. The molecule has 0 fully saturated rings. The number of carbonyl (C=O) groups excluding carboxylic acids is 1. The van der Waals surface area contributed by atoms with Crippen molar-refractivity contribution in [3.8, 4) is 0 Å². The van der Waals surface area contributed by atoms with Crippen LogP contribution in [0.2, 0.25) is 10.0 Å². The van der Waals surface area contributed by atoms with Crippen LogP contribution in [0, 0.1) is 0 Å². The van der Waals surface area contributed by atoms with E-state index in [9.17, 15) is 4.79 Å². The largest absolute Gasteiger partial charge is 0.399 e. The van der Waals surface area contributed by atoms with Crippen LogP contribution in [0.1, 0.15) is 15.9 Å². The Hall–Kier alpha value is -1.71. The van der Waals surface area contributed by atoms with Crippen LogP contribution in [0.4, 0.5) is 5.69 Å². The number of nitrogens with one attached hydrogen (secondary N) is 1. The van der Waals surface area contributed by atoms with Crippen molar-refractivity contribution in [3.63, 3.8) is 0 Å². The highest BCUT2D eigenvalue weighted by Crippen LogP contribution is 2.20. The molecular weight excluding hydrogens is 283 g/mol. The SMILES string of the molecule is Nc1ccc(C(=O)NCc2ccc(Cl)cc2Cl)cc1. The zero-order valence-corrected chi connectivity index (χ0v) is 11.5. The van der Waals surface area contributed by atoms with Crippen LogP contribution in [0.15, 0.2) is 42.5 Å². The summed E-state index contributed by atoms with van der Waals surface area (Å²) in [5.74, 6) is -0.175. The first-order valence-electron chi connectivity index (χ1n) is 5.64. The molecule has 2 aromatic carbocycles. The van der Waals surface area contributed by atoms with Crippen molar-refractivity contribution in [2.75, 3.05) is 5.73 Å². The van der Waals surface area contributed by atoms with Crippen LogP contribution in [0.25, 0.3) is 0 Å². The van der Waals surface area contributed by atoms with Crippen LogP contribution < -0.4 is 11.1 Å². The Balaban J connectivity index is 2.02. The fourth-order valence-corrected chi connectivity index (χ4v) is 2.05. The first-order chi connectivity index (χ1) is 9.06. The number of halogens is 2. The number of carbonyl (C=O) groups is 1. The van der Waals surface area contributed by atoms with Crippen LogP contribution in [-0.2, 0) is 6.54 Å². The van der Waals surface area contributed by atoms with E-state index in [1.54, 1.807) is 42.5 Å². The Bertz CT molecular complexity index is 597. The van der Waals surface area contributed by atoms with Gasteiger partial charge in [-0.2, -0.15) is 0 Å². The van der Waals surface area contributed by atoms with E-state index in [0.717, 1.165) is 5.56 Å². The molecule has 1 amide bonds. The van der Waals surface area contributed by atoms with E-state index in [2.05, 4.69) is 5.32 Å². The maximum absolute atomic E-state index is 11.9. The molecule has 19 heavy (non-hydrogen) atoms. The van der Waals surface area contributed by atoms with E-state index in [4.69, 9.17) is 28.9 Å². The molecule has 0 heterocycles. The minimum atomic E-state index is -0.175. The van der Waals surface area contributed by atoms with Crippen molar-refractivity contribution < 1.29 is 4.79 Å². The normalized spacial score (nSPS) is 10.2. The topological polar surface area (TPSA) is 55.1 Å². The summed E-state index contributed by atoms with van der Waals surface area (Å²) < 4.78 is 0. The molecule has 3 N–H and O–H groups in total. The van der Waals surface area contributed by atoms with Gasteiger partial charge in [0.05, 0.1) is 0 Å². The fourth-order valence-electron chi connectivity index (χ4n) is 1.58. The third-order valence-corrected chi connectivity index (χ3v) is 3.21. The van der Waals surface area contributed by atoms with Crippen molar-refractivity contribution in [3.05, 3.63) is 63.6 Å². The van der Waals surface area contributed by atoms with E-state index in [-0.39, 0.29) is 5.91 Å². The second-order valence-corrected chi connectivity index (χ2v) is 4.88. The van der Waals surface area contributed by atoms with Gasteiger partial charge in [-0.1, -0.05) is 29.3 Å². The molecule has 0 saturated carbocycles. The molecule has 0 aliphatic carbocycles. The second-order valence-electron chi connectivity index (χ2n) is 4.04. The predicted octanol–water partition coefficient (Wildman–Crippen LogP) is 3.51. The van der Waals surface area contributed by atoms with Gasteiger partial charge in [-0.25, -0.2) is 0 Å². The van der Waals surface area contributed by atoms with Crippen molar-refractivity contribution in [1.82, 2.24) is 5.32 Å². The third kappa shape index (κ3) is 3.63. The summed E-state index contributed by atoms with van der Waals surface area (Å²) in [6.07, 6.45) is 0. The lowest BCUT2D eigenvalue weighted by Gasteiger charge is -2.07. The first kappa shape index (κ1) is 13.7. The average molecular weight is 295 g/mol. The molecule has 0 spiro atoms. The molecule has 2 aromatic rings. The molecule has 0 unspecified atom stereocenters. The maximum atomic E-state index is 11.9. The summed E-state index contributed by atoms with van der Waals surface area (Å²) in [4.78, 5) is 11.9. The standard InChI is InChI=1S/C14H12Cl2N2O/c15-11-4-1-10(13(16)7-11)8-18-14(19)9-2-5-12(17)6-3-9/h1-7H,8,17H2,(H,18,19). The van der Waals surface area contributed by atoms with Gasteiger partial charge in [-0.05, 0) is 42.0 Å². The lowest BCUT2D eigenvalue weighted by atomic mass is 10.2. The number of rotatable bonds is 3. The van der Waals surface area contributed by atoms with E-state index in [1.165, 1.54) is 0 Å². The number of hydrogen-bond acceptors (Lipinski definition) is 2. The Morgan fingerprint density at radius 2 is 1.79 bits per heavy atom. The summed E-state index contributed by atoms with van der Waals surface area (Å²) >= 11 is 11.8. The predicted molar refractivity (Wildman–Crippen MR) is 78.5 cm³/mol. The molecule has 0 saturated heterocycles. The zero-order chi connectivity index (χ0) is 13.8.